The molecule has 1 aromatic carbocycles. The van der Waals surface area contributed by atoms with Crippen molar-refractivity contribution in [3.8, 4) is 5.75 Å². The predicted molar refractivity (Wildman–Crippen MR) is 96.5 cm³/mol. The van der Waals surface area contributed by atoms with Gasteiger partial charge in [-0.3, -0.25) is 9.69 Å². The van der Waals surface area contributed by atoms with Crippen molar-refractivity contribution in [2.45, 2.75) is 37.3 Å². The van der Waals surface area contributed by atoms with Crippen LogP contribution in [0.25, 0.3) is 0 Å². The smallest absolute Gasteiger partial charge is 0.240 e. The second-order valence-electron chi connectivity index (χ2n) is 7.01. The lowest BCUT2D eigenvalue weighted by atomic mass is 9.90. The van der Waals surface area contributed by atoms with E-state index in [4.69, 9.17) is 15.2 Å². The third-order valence-corrected chi connectivity index (χ3v) is 5.38. The maximum absolute atomic E-state index is 12.6. The van der Waals surface area contributed by atoms with E-state index in [1.165, 1.54) is 18.4 Å². The molecule has 0 aliphatic carbocycles. The summed E-state index contributed by atoms with van der Waals surface area (Å²) in [6.45, 7) is 3.81. The number of carbonyl (C=O) groups is 1. The van der Waals surface area contributed by atoms with Gasteiger partial charge in [0.05, 0.1) is 18.7 Å². The van der Waals surface area contributed by atoms with Crippen molar-refractivity contribution in [2.24, 2.45) is 5.73 Å². The molecule has 2 aliphatic heterocycles. The highest BCUT2D eigenvalue weighted by atomic mass is 16.5. The second kappa shape index (κ2) is 8.17. The number of nitrogens with one attached hydrogen (secondary N) is 1. The summed E-state index contributed by atoms with van der Waals surface area (Å²) in [6, 6.07) is 8.29. The Hall–Kier alpha value is -1.63. The lowest BCUT2D eigenvalue weighted by molar-refractivity contribution is -0.130. The molecule has 1 atom stereocenters. The molecule has 25 heavy (non-hydrogen) atoms. The third-order valence-electron chi connectivity index (χ3n) is 5.38. The topological polar surface area (TPSA) is 76.8 Å². The fraction of sp³-hybridized carbons (Fsp3) is 0.632. The molecule has 3 N–H and O–H groups in total. The molecular weight excluding hydrogens is 318 g/mol. The van der Waals surface area contributed by atoms with E-state index in [-0.39, 0.29) is 11.9 Å². The average Bonchev–Trinajstić information content (AvgIpc) is 3.17. The molecule has 1 aromatic rings. The van der Waals surface area contributed by atoms with Crippen LogP contribution in [0.3, 0.4) is 0 Å². The molecule has 3 rings (SSSR count). The normalized spacial score (nSPS) is 21.7. The van der Waals surface area contributed by atoms with Crippen LogP contribution in [-0.2, 0) is 9.53 Å². The Morgan fingerprint density at radius 2 is 1.92 bits per heavy atom. The van der Waals surface area contributed by atoms with Crippen molar-refractivity contribution in [1.29, 1.82) is 0 Å². The first-order valence-electron chi connectivity index (χ1n) is 9.15. The predicted octanol–water partition coefficient (Wildman–Crippen LogP) is 1.46. The van der Waals surface area contributed by atoms with Gasteiger partial charge in [0.25, 0.3) is 0 Å². The summed E-state index contributed by atoms with van der Waals surface area (Å²) in [5.74, 6) is 0.782. The number of nitrogens with zero attached hydrogens (tertiary/aromatic N) is 1. The fourth-order valence-electron chi connectivity index (χ4n) is 3.67. The maximum Gasteiger partial charge on any atom is 0.240 e. The molecule has 6 heteroatoms. The van der Waals surface area contributed by atoms with E-state index >= 15 is 0 Å². The van der Waals surface area contributed by atoms with Gasteiger partial charge in [-0.25, -0.2) is 0 Å². The molecule has 0 radical (unpaired) electrons. The van der Waals surface area contributed by atoms with Crippen LogP contribution in [0, 0.1) is 0 Å². The molecule has 138 valence electrons. The Bertz CT molecular complexity index is 564. The minimum atomic E-state index is -0.798. The van der Waals surface area contributed by atoms with E-state index in [0.29, 0.717) is 32.6 Å². The average molecular weight is 347 g/mol. The zero-order valence-electron chi connectivity index (χ0n) is 15.0. The molecule has 0 aromatic heterocycles. The van der Waals surface area contributed by atoms with Gasteiger partial charge in [-0.2, -0.15) is 0 Å². The van der Waals surface area contributed by atoms with Crippen LogP contribution in [0.2, 0.25) is 0 Å². The van der Waals surface area contributed by atoms with Crippen LogP contribution in [0.1, 0.15) is 37.3 Å². The van der Waals surface area contributed by atoms with Crippen LogP contribution in [-0.4, -0.2) is 56.3 Å². The molecule has 0 saturated carbocycles. The minimum Gasteiger partial charge on any atom is -0.497 e. The highest BCUT2D eigenvalue weighted by Gasteiger charge is 2.36. The Kier molecular flexibility index (Phi) is 5.93. The van der Waals surface area contributed by atoms with Gasteiger partial charge in [0.1, 0.15) is 5.75 Å². The summed E-state index contributed by atoms with van der Waals surface area (Å²) < 4.78 is 10.6. The molecule has 2 aliphatic rings. The van der Waals surface area contributed by atoms with E-state index in [0.717, 1.165) is 18.8 Å². The number of likely N-dealkylation sites (tertiary alicyclic amines) is 1. The van der Waals surface area contributed by atoms with Gasteiger partial charge < -0.3 is 20.5 Å². The molecule has 2 saturated heterocycles. The van der Waals surface area contributed by atoms with Gasteiger partial charge in [-0.15, -0.1) is 0 Å². The van der Waals surface area contributed by atoms with E-state index in [2.05, 4.69) is 22.3 Å². The van der Waals surface area contributed by atoms with E-state index in [1.54, 1.807) is 7.11 Å². The fourth-order valence-corrected chi connectivity index (χ4v) is 3.67. The number of methoxy groups -OCH3 is 1. The van der Waals surface area contributed by atoms with Crippen molar-refractivity contribution in [3.63, 3.8) is 0 Å². The molecule has 2 fully saturated rings. The first-order chi connectivity index (χ1) is 12.1. The van der Waals surface area contributed by atoms with Gasteiger partial charge in [0, 0.05) is 19.8 Å². The van der Waals surface area contributed by atoms with Crippen LogP contribution >= 0.6 is 0 Å². The van der Waals surface area contributed by atoms with Crippen LogP contribution in [0.5, 0.6) is 5.75 Å². The van der Waals surface area contributed by atoms with Gasteiger partial charge in [-0.1, -0.05) is 12.1 Å². The summed E-state index contributed by atoms with van der Waals surface area (Å²) in [7, 11) is 1.67. The van der Waals surface area contributed by atoms with Crippen molar-refractivity contribution in [2.75, 3.05) is 40.0 Å². The van der Waals surface area contributed by atoms with E-state index in [1.807, 2.05) is 12.1 Å². The van der Waals surface area contributed by atoms with Gasteiger partial charge in [0.15, 0.2) is 0 Å². The standard InChI is InChI=1S/C19H29N3O3/c1-24-16-6-4-15(5-7-16)17(22-10-2-3-11-22)14-21-18(23)19(20)8-12-25-13-9-19/h4-7,17H,2-3,8-14,20H2,1H3,(H,21,23). The lowest BCUT2D eigenvalue weighted by Gasteiger charge is -2.34. The quantitative estimate of drug-likeness (QED) is 0.815. The van der Waals surface area contributed by atoms with Crippen LogP contribution in [0.4, 0.5) is 0 Å². The zero-order valence-corrected chi connectivity index (χ0v) is 15.0. The van der Waals surface area contributed by atoms with Crippen molar-refractivity contribution in [3.05, 3.63) is 29.8 Å². The lowest BCUT2D eigenvalue weighted by Crippen LogP contribution is -2.57. The molecule has 2 heterocycles. The maximum atomic E-state index is 12.6. The van der Waals surface area contributed by atoms with E-state index in [9.17, 15) is 4.79 Å². The number of nitrogens with two attached hydrogens (primary N) is 1. The van der Waals surface area contributed by atoms with Crippen LogP contribution < -0.4 is 15.8 Å². The van der Waals surface area contributed by atoms with E-state index < -0.39 is 5.54 Å². The number of hydrogen-bond acceptors (Lipinski definition) is 5. The summed E-state index contributed by atoms with van der Waals surface area (Å²) in [4.78, 5) is 15.1. The first kappa shape index (κ1) is 18.2. The summed E-state index contributed by atoms with van der Waals surface area (Å²) >= 11 is 0. The van der Waals surface area contributed by atoms with Crippen molar-refractivity contribution in [1.82, 2.24) is 10.2 Å². The molecule has 1 amide bonds. The number of carbonyl (C=O) groups excluding carboxylic acids is 1. The first-order valence-corrected chi connectivity index (χ1v) is 9.15. The highest BCUT2D eigenvalue weighted by molar-refractivity contribution is 5.86. The highest BCUT2D eigenvalue weighted by Crippen LogP contribution is 2.26. The summed E-state index contributed by atoms with van der Waals surface area (Å²) in [5.41, 5.74) is 6.69. The second-order valence-corrected chi connectivity index (χ2v) is 7.01. The van der Waals surface area contributed by atoms with Gasteiger partial charge >= 0.3 is 0 Å². The molecular formula is C19H29N3O3. The minimum absolute atomic E-state index is 0.0616. The Morgan fingerprint density at radius 3 is 2.52 bits per heavy atom. The SMILES string of the molecule is COc1ccc(C(CNC(=O)C2(N)CCOCC2)N2CCCC2)cc1. The molecule has 0 spiro atoms. The number of benzene rings is 1. The summed E-state index contributed by atoms with van der Waals surface area (Å²) in [6.07, 6.45) is 3.57. The third kappa shape index (κ3) is 4.32. The molecule has 1 unspecified atom stereocenters. The molecule has 0 bridgehead atoms. The Morgan fingerprint density at radius 1 is 1.28 bits per heavy atom. The monoisotopic (exact) mass is 347 g/mol. The number of rotatable bonds is 6. The Labute approximate surface area is 149 Å². The van der Waals surface area contributed by atoms with Crippen molar-refractivity contribution < 1.29 is 14.3 Å². The van der Waals surface area contributed by atoms with Gasteiger partial charge in [0.2, 0.25) is 5.91 Å². The number of ether oxygens (including phenoxy) is 2. The van der Waals surface area contributed by atoms with Gasteiger partial charge in [-0.05, 0) is 56.5 Å². The van der Waals surface area contributed by atoms with Crippen LogP contribution in [0.15, 0.2) is 24.3 Å². The number of hydrogen-bond donors (Lipinski definition) is 2. The largest absolute Gasteiger partial charge is 0.497 e. The number of amides is 1. The summed E-state index contributed by atoms with van der Waals surface area (Å²) in [5, 5.41) is 3.10. The molecule has 6 nitrogen and oxygen atoms in total. The zero-order chi connectivity index (χ0) is 17.7. The Balaban J connectivity index is 1.68. The van der Waals surface area contributed by atoms with Crippen molar-refractivity contribution >= 4 is 5.91 Å².